The minimum absolute atomic E-state index is 0. The molecule has 0 aromatic rings. The molecule has 0 heterocycles. The Labute approximate surface area is 72.0 Å². The number of hydrogen-bond donors (Lipinski definition) is 0. The second-order valence-corrected chi connectivity index (χ2v) is 2.66. The van der Waals surface area contributed by atoms with Gasteiger partial charge in [-0.15, -0.1) is 0 Å². The molecule has 1 fully saturated rings. The highest BCUT2D eigenvalue weighted by molar-refractivity contribution is 5.27. The number of halogens is 8. The van der Waals surface area contributed by atoms with Gasteiger partial charge >= 0.3 is 12.1 Å². The zero-order valence-electron chi connectivity index (χ0n) is 6.18. The molecule has 14 heavy (non-hydrogen) atoms. The molecule has 0 aromatic carbocycles. The Hall–Kier alpha value is -0.600. The molecule has 86 valence electrons. The highest BCUT2D eigenvalue weighted by Gasteiger charge is 2.91. The van der Waals surface area contributed by atoms with E-state index in [4.69, 9.17) is 0 Å². The quantitative estimate of drug-likeness (QED) is 0.617. The summed E-state index contributed by atoms with van der Waals surface area (Å²) in [5.41, 5.74) is -4.74. The first-order valence-electron chi connectivity index (χ1n) is 2.98. The summed E-state index contributed by atoms with van der Waals surface area (Å²) in [5.74, 6) is -4.89. The lowest BCUT2D eigenvalue weighted by Crippen LogP contribution is -2.39. The third-order valence-corrected chi connectivity index (χ3v) is 1.77. The second-order valence-electron chi connectivity index (χ2n) is 2.66. The van der Waals surface area contributed by atoms with Crippen LogP contribution in [0.25, 0.3) is 0 Å². The smallest absolute Gasteiger partial charge is 0.412 e. The normalized spacial score (nSPS) is 37.3. The first-order chi connectivity index (χ1) is 5.56. The van der Waals surface area contributed by atoms with Gasteiger partial charge in [0.15, 0.2) is 0 Å². The van der Waals surface area contributed by atoms with Crippen LogP contribution >= 0.6 is 0 Å². The summed E-state index contributed by atoms with van der Waals surface area (Å²) >= 11 is 0. The Kier molecular flexibility index (Phi) is 2.82. The molecule has 9 heteroatoms. The zero-order valence-corrected chi connectivity index (χ0v) is 6.18. The van der Waals surface area contributed by atoms with Crippen molar-refractivity contribution in [3.8, 4) is 0 Å². The molecular formula is C5H4F8O. The summed E-state index contributed by atoms with van der Waals surface area (Å²) in [6.07, 6.45) is -14.0. The summed E-state index contributed by atoms with van der Waals surface area (Å²) in [6.45, 7) is 0. The maximum absolute atomic E-state index is 12.3. The van der Waals surface area contributed by atoms with Crippen molar-refractivity contribution in [2.24, 2.45) is 0 Å². The number of alkyl halides is 8. The molecule has 1 rings (SSSR count). The van der Waals surface area contributed by atoms with E-state index in [0.717, 1.165) is 0 Å². The van der Waals surface area contributed by atoms with Gasteiger partial charge < -0.3 is 5.48 Å². The van der Waals surface area contributed by atoms with Crippen molar-refractivity contribution >= 4 is 0 Å². The van der Waals surface area contributed by atoms with Crippen LogP contribution in [0.3, 0.4) is 0 Å². The minimum Gasteiger partial charge on any atom is -0.412 e. The van der Waals surface area contributed by atoms with Gasteiger partial charge in [0, 0.05) is 0 Å². The van der Waals surface area contributed by atoms with Crippen molar-refractivity contribution in [3.63, 3.8) is 0 Å². The molecule has 0 amide bonds. The molecule has 0 bridgehead atoms. The van der Waals surface area contributed by atoms with E-state index in [1.807, 2.05) is 0 Å². The van der Waals surface area contributed by atoms with E-state index in [2.05, 4.69) is 0 Å². The Morgan fingerprint density at radius 2 is 1.36 bits per heavy atom. The van der Waals surface area contributed by atoms with E-state index >= 15 is 0 Å². The monoisotopic (exact) mass is 232 g/mol. The molecule has 0 spiro atoms. The lowest BCUT2D eigenvalue weighted by Gasteiger charge is -2.14. The van der Waals surface area contributed by atoms with Gasteiger partial charge in [-0.25, -0.2) is 13.2 Å². The van der Waals surface area contributed by atoms with E-state index in [0.29, 0.717) is 0 Å². The Morgan fingerprint density at radius 3 is 1.43 bits per heavy atom. The maximum Gasteiger partial charge on any atom is 0.423 e. The van der Waals surface area contributed by atoms with Crippen LogP contribution in [0.4, 0.5) is 35.1 Å². The maximum atomic E-state index is 12.3. The molecule has 0 aliphatic heterocycles. The van der Waals surface area contributed by atoms with Crippen LogP contribution < -0.4 is 0 Å². The highest BCUT2D eigenvalue weighted by atomic mass is 19.4. The fraction of sp³-hybridized carbons (Fsp3) is 1.00. The predicted molar refractivity (Wildman–Crippen MR) is 28.2 cm³/mol. The molecule has 0 aromatic heterocycles. The third kappa shape index (κ3) is 1.33. The standard InChI is InChI=1S/C5H2F8.H2O/c6-1-3(8,4(1,9)10)2(7)5(11,12)13;/h1-2H;1H2. The van der Waals surface area contributed by atoms with Gasteiger partial charge in [0.2, 0.25) is 12.3 Å². The van der Waals surface area contributed by atoms with Gasteiger partial charge in [-0.1, -0.05) is 0 Å². The first kappa shape index (κ1) is 13.4. The van der Waals surface area contributed by atoms with Crippen LogP contribution in [0.1, 0.15) is 0 Å². The van der Waals surface area contributed by atoms with Gasteiger partial charge in [-0.3, -0.25) is 0 Å². The van der Waals surface area contributed by atoms with E-state index in [1.54, 1.807) is 0 Å². The van der Waals surface area contributed by atoms with Crippen molar-refractivity contribution < 1.29 is 40.6 Å². The number of rotatable bonds is 1. The molecule has 3 atom stereocenters. The second kappa shape index (κ2) is 2.94. The van der Waals surface area contributed by atoms with Crippen molar-refractivity contribution in [3.05, 3.63) is 0 Å². The molecule has 3 unspecified atom stereocenters. The van der Waals surface area contributed by atoms with E-state index in [1.165, 1.54) is 0 Å². The van der Waals surface area contributed by atoms with E-state index in [9.17, 15) is 35.1 Å². The van der Waals surface area contributed by atoms with Crippen molar-refractivity contribution in [2.45, 2.75) is 30.1 Å². The van der Waals surface area contributed by atoms with Crippen molar-refractivity contribution in [1.29, 1.82) is 0 Å². The van der Waals surface area contributed by atoms with E-state index in [-0.39, 0.29) is 5.48 Å². The molecule has 1 nitrogen and oxygen atoms in total. The summed E-state index contributed by atoms with van der Waals surface area (Å²) in [7, 11) is 0. The minimum atomic E-state index is -5.82. The van der Waals surface area contributed by atoms with Crippen LogP contribution in [0.15, 0.2) is 0 Å². The lowest BCUT2D eigenvalue weighted by atomic mass is 10.2. The topological polar surface area (TPSA) is 31.5 Å². The predicted octanol–water partition coefficient (Wildman–Crippen LogP) is 1.76. The van der Waals surface area contributed by atoms with Crippen LogP contribution in [0.2, 0.25) is 0 Å². The molecule has 1 aliphatic rings. The van der Waals surface area contributed by atoms with Gasteiger partial charge in [0.25, 0.3) is 5.67 Å². The molecule has 0 saturated heterocycles. The van der Waals surface area contributed by atoms with Crippen LogP contribution in [0, 0.1) is 0 Å². The Morgan fingerprint density at radius 1 is 1.07 bits per heavy atom. The largest absolute Gasteiger partial charge is 0.423 e. The highest BCUT2D eigenvalue weighted by Crippen LogP contribution is 2.63. The van der Waals surface area contributed by atoms with E-state index < -0.39 is 30.1 Å². The number of hydrogen-bond acceptors (Lipinski definition) is 0. The van der Waals surface area contributed by atoms with Crippen LogP contribution in [0.5, 0.6) is 0 Å². The summed E-state index contributed by atoms with van der Waals surface area (Å²) in [4.78, 5) is 0. The average molecular weight is 232 g/mol. The SMILES string of the molecule is FC(C(F)(F)F)C1(F)C(F)C1(F)F.O. The molecule has 1 saturated carbocycles. The molecule has 1 aliphatic carbocycles. The summed E-state index contributed by atoms with van der Waals surface area (Å²) < 4.78 is 94.1. The lowest BCUT2D eigenvalue weighted by molar-refractivity contribution is -0.212. The van der Waals surface area contributed by atoms with Gasteiger partial charge in [-0.05, 0) is 0 Å². The van der Waals surface area contributed by atoms with Crippen LogP contribution in [-0.2, 0) is 0 Å². The Balaban J connectivity index is 0.00000169. The zero-order chi connectivity index (χ0) is 10.7. The molecule has 0 radical (unpaired) electrons. The van der Waals surface area contributed by atoms with Crippen LogP contribution in [-0.4, -0.2) is 35.6 Å². The fourth-order valence-corrected chi connectivity index (χ4v) is 0.888. The van der Waals surface area contributed by atoms with Crippen molar-refractivity contribution in [1.82, 2.24) is 0 Å². The fourth-order valence-electron chi connectivity index (χ4n) is 0.888. The van der Waals surface area contributed by atoms with Gasteiger partial charge in [-0.2, -0.15) is 22.0 Å². The summed E-state index contributed by atoms with van der Waals surface area (Å²) in [5, 5.41) is 0. The van der Waals surface area contributed by atoms with Gasteiger partial charge in [0.1, 0.15) is 0 Å². The first-order valence-corrected chi connectivity index (χ1v) is 2.98. The molecular weight excluding hydrogens is 228 g/mol. The Bertz CT molecular complexity index is 224. The average Bonchev–Trinajstić information content (AvgIpc) is 2.32. The molecule has 2 N–H and O–H groups in total. The van der Waals surface area contributed by atoms with Gasteiger partial charge in [0.05, 0.1) is 0 Å². The van der Waals surface area contributed by atoms with Crippen molar-refractivity contribution in [2.75, 3.05) is 0 Å². The summed E-state index contributed by atoms with van der Waals surface area (Å²) in [6, 6.07) is 0. The third-order valence-electron chi connectivity index (χ3n) is 1.77.